The predicted octanol–water partition coefficient (Wildman–Crippen LogP) is 5.48. The van der Waals surface area contributed by atoms with E-state index in [1.807, 2.05) is 0 Å². The lowest BCUT2D eigenvalue weighted by Gasteiger charge is -2.33. The molecule has 0 radical (unpaired) electrons. The summed E-state index contributed by atoms with van der Waals surface area (Å²) in [7, 11) is 0. The van der Waals surface area contributed by atoms with Gasteiger partial charge in [0.1, 0.15) is 5.82 Å². The van der Waals surface area contributed by atoms with Gasteiger partial charge >= 0.3 is 0 Å². The van der Waals surface area contributed by atoms with Crippen molar-refractivity contribution in [2.24, 2.45) is 0 Å². The summed E-state index contributed by atoms with van der Waals surface area (Å²) in [4.78, 5) is 21.0. The highest BCUT2D eigenvalue weighted by molar-refractivity contribution is 7.09. The van der Waals surface area contributed by atoms with Crippen molar-refractivity contribution in [2.45, 2.75) is 38.1 Å². The molecule has 0 bridgehead atoms. The summed E-state index contributed by atoms with van der Waals surface area (Å²) in [6.45, 7) is 1.65. The molecule has 4 nitrogen and oxygen atoms in total. The number of aryl methyl sites for hydroxylation is 1. The number of hydrogen-bond acceptors (Lipinski definition) is 3. The summed E-state index contributed by atoms with van der Waals surface area (Å²) in [5.74, 6) is 1.40. The fraction of sp³-hybridized carbons (Fsp3) is 0.308. The first-order valence-electron chi connectivity index (χ1n) is 11.1. The average molecular weight is 430 g/mol. The summed E-state index contributed by atoms with van der Waals surface area (Å²) in [6, 6.07) is 23.5. The predicted molar refractivity (Wildman–Crippen MR) is 126 cm³/mol. The Labute approximate surface area is 187 Å². The lowest BCUT2D eigenvalue weighted by Crippen LogP contribution is -2.39. The Kier molecular flexibility index (Phi) is 5.85. The van der Waals surface area contributed by atoms with Crippen molar-refractivity contribution in [3.8, 4) is 0 Å². The molecule has 2 aromatic carbocycles. The molecule has 158 valence electrons. The first kappa shape index (κ1) is 20.0. The van der Waals surface area contributed by atoms with Gasteiger partial charge in [0.05, 0.1) is 11.0 Å². The lowest BCUT2D eigenvalue weighted by molar-refractivity contribution is -0.132. The van der Waals surface area contributed by atoms with Crippen LogP contribution in [0.25, 0.3) is 11.0 Å². The van der Waals surface area contributed by atoms with Crippen LogP contribution in [0, 0.1) is 0 Å². The molecule has 0 aliphatic carbocycles. The third-order valence-corrected chi connectivity index (χ3v) is 7.16. The molecule has 0 atom stereocenters. The van der Waals surface area contributed by atoms with Crippen LogP contribution in [0.15, 0.2) is 72.1 Å². The van der Waals surface area contributed by atoms with Crippen LogP contribution < -0.4 is 0 Å². The van der Waals surface area contributed by atoms with E-state index in [1.165, 1.54) is 16.0 Å². The Morgan fingerprint density at radius 1 is 0.968 bits per heavy atom. The number of aromatic nitrogens is 2. The van der Waals surface area contributed by atoms with Gasteiger partial charge in [-0.3, -0.25) is 4.79 Å². The maximum atomic E-state index is 12.7. The average Bonchev–Trinajstić information content (AvgIpc) is 3.46. The third-order valence-electron chi connectivity index (χ3n) is 6.22. The second kappa shape index (κ2) is 9.06. The Morgan fingerprint density at radius 2 is 1.74 bits per heavy atom. The number of nitrogens with zero attached hydrogens (tertiary/aromatic N) is 3. The van der Waals surface area contributed by atoms with Crippen LogP contribution in [0.2, 0.25) is 0 Å². The van der Waals surface area contributed by atoms with Crippen molar-refractivity contribution in [3.63, 3.8) is 0 Å². The maximum absolute atomic E-state index is 12.7. The maximum Gasteiger partial charge on any atom is 0.222 e. The van der Waals surface area contributed by atoms with Crippen molar-refractivity contribution in [1.29, 1.82) is 0 Å². The number of para-hydroxylation sites is 2. The molecular formula is C26H27N3OS. The number of carbonyl (C=O) groups excluding carboxylic acids is 1. The zero-order valence-electron chi connectivity index (χ0n) is 17.6. The largest absolute Gasteiger partial charge is 0.343 e. The van der Waals surface area contributed by atoms with E-state index in [1.54, 1.807) is 11.3 Å². The van der Waals surface area contributed by atoms with Gasteiger partial charge in [0.15, 0.2) is 0 Å². The summed E-state index contributed by atoms with van der Waals surface area (Å²) in [6.07, 6.45) is 4.25. The molecule has 0 spiro atoms. The number of hydrogen-bond donors (Lipinski definition) is 0. The zero-order valence-corrected chi connectivity index (χ0v) is 18.4. The molecule has 1 aliphatic heterocycles. The van der Waals surface area contributed by atoms with E-state index in [0.29, 0.717) is 12.5 Å². The van der Waals surface area contributed by atoms with Gasteiger partial charge in [0.25, 0.3) is 0 Å². The highest BCUT2D eigenvalue weighted by Crippen LogP contribution is 2.30. The molecule has 0 N–H and O–H groups in total. The highest BCUT2D eigenvalue weighted by Gasteiger charge is 2.26. The summed E-state index contributed by atoms with van der Waals surface area (Å²) < 4.78 is 2.44. The molecule has 1 amide bonds. The summed E-state index contributed by atoms with van der Waals surface area (Å²) in [5.41, 5.74) is 3.54. The molecule has 2 aromatic heterocycles. The molecule has 3 heterocycles. The Bertz CT molecular complexity index is 1140. The van der Waals surface area contributed by atoms with Crippen LogP contribution in [0.3, 0.4) is 0 Å². The minimum absolute atomic E-state index is 0.284. The zero-order chi connectivity index (χ0) is 21.0. The summed E-state index contributed by atoms with van der Waals surface area (Å²) in [5, 5.41) is 2.08. The molecule has 1 fully saturated rings. The van der Waals surface area contributed by atoms with Gasteiger partial charge in [-0.2, -0.15) is 0 Å². The van der Waals surface area contributed by atoms with Crippen LogP contribution in [-0.2, 0) is 17.6 Å². The Hall–Kier alpha value is -2.92. The van der Waals surface area contributed by atoms with E-state index in [9.17, 15) is 4.79 Å². The first-order chi connectivity index (χ1) is 15.3. The van der Waals surface area contributed by atoms with Crippen LogP contribution in [-0.4, -0.2) is 33.4 Å². The minimum atomic E-state index is 0.284. The van der Waals surface area contributed by atoms with Crippen LogP contribution in [0.1, 0.15) is 41.6 Å². The van der Waals surface area contributed by atoms with E-state index < -0.39 is 0 Å². The minimum Gasteiger partial charge on any atom is -0.343 e. The van der Waals surface area contributed by atoms with Crippen molar-refractivity contribution >= 4 is 28.3 Å². The number of piperidine rings is 1. The molecule has 5 heteroatoms. The second-order valence-corrected chi connectivity index (χ2v) is 9.27. The molecular weight excluding hydrogens is 402 g/mol. The van der Waals surface area contributed by atoms with Crippen molar-refractivity contribution in [2.75, 3.05) is 13.1 Å². The van der Waals surface area contributed by atoms with Gasteiger partial charge in [-0.1, -0.05) is 48.5 Å². The van der Waals surface area contributed by atoms with Crippen LogP contribution in [0.4, 0.5) is 0 Å². The van der Waals surface area contributed by atoms with Crippen molar-refractivity contribution < 1.29 is 4.79 Å². The van der Waals surface area contributed by atoms with Crippen molar-refractivity contribution in [1.82, 2.24) is 14.5 Å². The number of imidazole rings is 1. The van der Waals surface area contributed by atoms with Gasteiger partial charge in [-0.05, 0) is 48.4 Å². The van der Waals surface area contributed by atoms with E-state index in [2.05, 4.69) is 81.6 Å². The normalized spacial score (nSPS) is 14.9. The van der Waals surface area contributed by atoms with Gasteiger partial charge in [-0.15, -0.1) is 11.3 Å². The second-order valence-electron chi connectivity index (χ2n) is 8.24. The van der Waals surface area contributed by atoms with E-state index >= 15 is 0 Å². The number of thiophene rings is 1. The smallest absolute Gasteiger partial charge is 0.222 e. The number of carbonyl (C=O) groups is 1. The fourth-order valence-corrected chi connectivity index (χ4v) is 5.33. The fourth-order valence-electron chi connectivity index (χ4n) is 4.62. The number of benzene rings is 2. The van der Waals surface area contributed by atoms with Gasteiger partial charge in [-0.25, -0.2) is 4.98 Å². The van der Waals surface area contributed by atoms with Crippen LogP contribution in [0.5, 0.6) is 0 Å². The molecule has 31 heavy (non-hydrogen) atoms. The third kappa shape index (κ3) is 4.42. The Balaban J connectivity index is 1.31. The number of likely N-dealkylation sites (tertiary alicyclic amines) is 1. The van der Waals surface area contributed by atoms with Gasteiger partial charge in [0.2, 0.25) is 5.91 Å². The topological polar surface area (TPSA) is 38.1 Å². The van der Waals surface area contributed by atoms with E-state index in [0.717, 1.165) is 50.1 Å². The Morgan fingerprint density at radius 3 is 2.52 bits per heavy atom. The van der Waals surface area contributed by atoms with Gasteiger partial charge < -0.3 is 9.47 Å². The number of fused-ring (bicyclic) bond motifs is 1. The molecule has 1 saturated heterocycles. The summed E-state index contributed by atoms with van der Waals surface area (Å²) >= 11 is 1.73. The van der Waals surface area contributed by atoms with Gasteiger partial charge in [0, 0.05) is 36.9 Å². The van der Waals surface area contributed by atoms with Crippen molar-refractivity contribution in [3.05, 3.63) is 88.4 Å². The molecule has 1 aliphatic rings. The number of rotatable bonds is 6. The van der Waals surface area contributed by atoms with E-state index in [-0.39, 0.29) is 5.91 Å². The molecule has 4 aromatic rings. The standard InChI is InChI=1S/C26H27N3OS/c30-26(13-12-22-9-6-18-31-22)28-16-14-21(15-17-28)29-24-11-5-4-10-23(24)27-25(29)19-20-7-2-1-3-8-20/h1-11,18,21H,12-17,19H2. The molecule has 5 rings (SSSR count). The first-order valence-corrected chi connectivity index (χ1v) is 12.0. The van der Waals surface area contributed by atoms with E-state index in [4.69, 9.17) is 4.98 Å². The highest BCUT2D eigenvalue weighted by atomic mass is 32.1. The quantitative estimate of drug-likeness (QED) is 0.407. The molecule has 0 saturated carbocycles. The van der Waals surface area contributed by atoms with Crippen LogP contribution >= 0.6 is 11.3 Å². The number of amides is 1. The molecule has 0 unspecified atom stereocenters. The monoisotopic (exact) mass is 429 g/mol. The SMILES string of the molecule is O=C(CCc1cccs1)N1CCC(n2c(Cc3ccccc3)nc3ccccc32)CC1. The lowest BCUT2D eigenvalue weighted by atomic mass is 10.0.